The van der Waals surface area contributed by atoms with Gasteiger partial charge in [0.1, 0.15) is 5.75 Å². The number of amides is 2. The maximum absolute atomic E-state index is 12.8. The number of aromatic nitrogens is 3. The number of hydrogen-bond acceptors (Lipinski definition) is 5. The average molecular weight is 415 g/mol. The summed E-state index contributed by atoms with van der Waals surface area (Å²) >= 11 is 0. The summed E-state index contributed by atoms with van der Waals surface area (Å²) in [5, 5.41) is 9.92. The maximum atomic E-state index is 12.8. The number of rotatable bonds is 6. The summed E-state index contributed by atoms with van der Waals surface area (Å²) in [4.78, 5) is 29.7. The second-order valence-electron chi connectivity index (χ2n) is 6.82. The van der Waals surface area contributed by atoms with Crippen LogP contribution in [0.2, 0.25) is 0 Å². The summed E-state index contributed by atoms with van der Waals surface area (Å²) in [5.41, 5.74) is 3.15. The molecule has 0 aliphatic heterocycles. The van der Waals surface area contributed by atoms with Crippen molar-refractivity contribution >= 4 is 28.8 Å². The van der Waals surface area contributed by atoms with Gasteiger partial charge in [0.25, 0.3) is 11.8 Å². The van der Waals surface area contributed by atoms with Crippen LogP contribution < -0.4 is 15.4 Å². The summed E-state index contributed by atoms with van der Waals surface area (Å²) in [6.45, 7) is 4.23. The number of nitrogens with zero attached hydrogens (tertiary/aromatic N) is 3. The maximum Gasteiger partial charge on any atom is 0.276 e. The largest absolute Gasteiger partial charge is 0.492 e. The van der Waals surface area contributed by atoms with Gasteiger partial charge in [0, 0.05) is 29.7 Å². The molecule has 0 saturated carbocycles. The van der Waals surface area contributed by atoms with E-state index in [0.29, 0.717) is 34.9 Å². The van der Waals surface area contributed by atoms with Crippen LogP contribution in [0.5, 0.6) is 5.75 Å². The summed E-state index contributed by atoms with van der Waals surface area (Å²) in [5.74, 6) is -0.0909. The molecule has 2 aromatic heterocycles. The molecule has 4 rings (SSSR count). The number of fused-ring (bicyclic) bond motifs is 1. The molecule has 0 aliphatic carbocycles. The Hall–Kier alpha value is -4.20. The number of nitrogens with one attached hydrogen (secondary N) is 2. The van der Waals surface area contributed by atoms with Crippen LogP contribution in [0.1, 0.15) is 33.3 Å². The number of carbonyl (C=O) groups is 2. The van der Waals surface area contributed by atoms with E-state index in [0.717, 1.165) is 5.56 Å². The highest BCUT2D eigenvalue weighted by Crippen LogP contribution is 2.25. The molecule has 0 fully saturated rings. The summed E-state index contributed by atoms with van der Waals surface area (Å²) < 4.78 is 7.09. The lowest BCUT2D eigenvalue weighted by atomic mass is 10.1. The number of hydrogen-bond donors (Lipinski definition) is 2. The van der Waals surface area contributed by atoms with Crippen molar-refractivity contribution in [2.75, 3.05) is 17.2 Å². The van der Waals surface area contributed by atoms with Crippen molar-refractivity contribution < 1.29 is 14.3 Å². The highest BCUT2D eigenvalue weighted by Gasteiger charge is 2.15. The lowest BCUT2D eigenvalue weighted by Gasteiger charge is -2.13. The SMILES string of the molecule is CCOc1ccccc1NC(=O)c1ccc(C)c(NC(=O)c2cc3ncccn3n2)c1. The molecular weight excluding hydrogens is 394 g/mol. The molecule has 0 saturated heterocycles. The minimum atomic E-state index is -0.382. The second-order valence-corrected chi connectivity index (χ2v) is 6.82. The molecule has 0 radical (unpaired) electrons. The van der Waals surface area contributed by atoms with Gasteiger partial charge >= 0.3 is 0 Å². The van der Waals surface area contributed by atoms with Gasteiger partial charge < -0.3 is 15.4 Å². The van der Waals surface area contributed by atoms with Crippen molar-refractivity contribution in [1.82, 2.24) is 14.6 Å². The highest BCUT2D eigenvalue weighted by molar-refractivity contribution is 6.07. The van der Waals surface area contributed by atoms with E-state index in [-0.39, 0.29) is 17.5 Å². The molecule has 4 aromatic rings. The first kappa shape index (κ1) is 20.1. The molecule has 31 heavy (non-hydrogen) atoms. The lowest BCUT2D eigenvalue weighted by Crippen LogP contribution is -2.16. The first-order valence-corrected chi connectivity index (χ1v) is 9.80. The molecule has 0 unspecified atom stereocenters. The van der Waals surface area contributed by atoms with Crippen LogP contribution in [0.15, 0.2) is 67.0 Å². The van der Waals surface area contributed by atoms with Crippen molar-refractivity contribution in [2.45, 2.75) is 13.8 Å². The van der Waals surface area contributed by atoms with Crippen molar-refractivity contribution in [3.8, 4) is 5.75 Å². The first-order chi connectivity index (χ1) is 15.0. The van der Waals surface area contributed by atoms with E-state index in [4.69, 9.17) is 4.74 Å². The molecular formula is C23H21N5O3. The van der Waals surface area contributed by atoms with Crippen LogP contribution in [-0.4, -0.2) is 33.0 Å². The van der Waals surface area contributed by atoms with Gasteiger partial charge in [-0.15, -0.1) is 0 Å². The smallest absolute Gasteiger partial charge is 0.276 e. The van der Waals surface area contributed by atoms with E-state index in [1.165, 1.54) is 4.52 Å². The van der Waals surface area contributed by atoms with Crippen LogP contribution in [0.25, 0.3) is 5.65 Å². The minimum absolute atomic E-state index is 0.235. The van der Waals surface area contributed by atoms with Gasteiger partial charge in [-0.25, -0.2) is 9.50 Å². The molecule has 2 aromatic carbocycles. The third kappa shape index (κ3) is 4.37. The van der Waals surface area contributed by atoms with Crippen molar-refractivity contribution in [3.63, 3.8) is 0 Å². The topological polar surface area (TPSA) is 97.6 Å². The van der Waals surface area contributed by atoms with Crippen LogP contribution in [0.4, 0.5) is 11.4 Å². The molecule has 156 valence electrons. The van der Waals surface area contributed by atoms with Gasteiger partial charge in [-0.2, -0.15) is 5.10 Å². The van der Waals surface area contributed by atoms with Gasteiger partial charge in [-0.05, 0) is 49.7 Å². The number of ether oxygens (including phenoxy) is 1. The van der Waals surface area contributed by atoms with Crippen molar-refractivity contribution in [2.24, 2.45) is 0 Å². The molecule has 2 amide bonds. The lowest BCUT2D eigenvalue weighted by molar-refractivity contribution is 0.101. The zero-order chi connectivity index (χ0) is 21.8. The third-order valence-corrected chi connectivity index (χ3v) is 4.65. The monoisotopic (exact) mass is 415 g/mol. The Balaban J connectivity index is 1.54. The third-order valence-electron chi connectivity index (χ3n) is 4.65. The van der Waals surface area contributed by atoms with Crippen LogP contribution in [0, 0.1) is 6.92 Å². The Bertz CT molecular complexity index is 1230. The zero-order valence-corrected chi connectivity index (χ0v) is 17.1. The van der Waals surface area contributed by atoms with Crippen LogP contribution >= 0.6 is 0 Å². The Morgan fingerprint density at radius 3 is 2.61 bits per heavy atom. The molecule has 8 nitrogen and oxygen atoms in total. The zero-order valence-electron chi connectivity index (χ0n) is 17.1. The van der Waals surface area contributed by atoms with Gasteiger partial charge in [-0.3, -0.25) is 9.59 Å². The van der Waals surface area contributed by atoms with Gasteiger partial charge in [-0.1, -0.05) is 18.2 Å². The molecule has 2 N–H and O–H groups in total. The predicted molar refractivity (Wildman–Crippen MR) is 118 cm³/mol. The Labute approximate surface area is 178 Å². The van der Waals surface area contributed by atoms with Crippen molar-refractivity contribution in [3.05, 3.63) is 83.8 Å². The minimum Gasteiger partial charge on any atom is -0.492 e. The second kappa shape index (κ2) is 8.66. The fraction of sp³-hybridized carbons (Fsp3) is 0.130. The quantitative estimate of drug-likeness (QED) is 0.497. The summed E-state index contributed by atoms with van der Waals surface area (Å²) in [7, 11) is 0. The summed E-state index contributed by atoms with van der Waals surface area (Å²) in [6, 6.07) is 15.7. The number of benzene rings is 2. The Morgan fingerprint density at radius 1 is 1.00 bits per heavy atom. The molecule has 0 aliphatic rings. The van der Waals surface area contributed by atoms with Crippen molar-refractivity contribution in [1.29, 1.82) is 0 Å². The number of carbonyl (C=O) groups excluding carboxylic acids is 2. The van der Waals surface area contributed by atoms with E-state index in [1.807, 2.05) is 26.0 Å². The number of para-hydroxylation sites is 2. The van der Waals surface area contributed by atoms with E-state index in [9.17, 15) is 9.59 Å². The predicted octanol–water partition coefficient (Wildman–Crippen LogP) is 3.94. The van der Waals surface area contributed by atoms with Gasteiger partial charge in [0.05, 0.1) is 12.3 Å². The van der Waals surface area contributed by atoms with Crippen LogP contribution in [0.3, 0.4) is 0 Å². The number of aryl methyl sites for hydroxylation is 1. The highest BCUT2D eigenvalue weighted by atomic mass is 16.5. The molecule has 0 bridgehead atoms. The fourth-order valence-electron chi connectivity index (χ4n) is 3.07. The molecule has 0 spiro atoms. The first-order valence-electron chi connectivity index (χ1n) is 9.80. The number of anilines is 2. The fourth-order valence-corrected chi connectivity index (χ4v) is 3.07. The van der Waals surface area contributed by atoms with Gasteiger partial charge in [0.15, 0.2) is 11.3 Å². The summed E-state index contributed by atoms with van der Waals surface area (Å²) in [6.07, 6.45) is 3.35. The normalized spacial score (nSPS) is 10.6. The van der Waals surface area contributed by atoms with Gasteiger partial charge in [0.2, 0.25) is 0 Å². The standard InChI is InChI=1S/C23H21N5O3/c1-3-31-20-8-5-4-7-17(20)25-22(29)16-10-9-15(2)18(13-16)26-23(30)19-14-21-24-11-6-12-28(21)27-19/h4-14H,3H2,1-2H3,(H,25,29)(H,26,30). The molecule has 2 heterocycles. The van der Waals surface area contributed by atoms with Crippen LogP contribution in [-0.2, 0) is 0 Å². The Morgan fingerprint density at radius 2 is 1.81 bits per heavy atom. The molecule has 8 heteroatoms. The average Bonchev–Trinajstić information content (AvgIpc) is 3.21. The van der Waals surface area contributed by atoms with E-state index < -0.39 is 0 Å². The molecule has 0 atom stereocenters. The van der Waals surface area contributed by atoms with E-state index in [2.05, 4.69) is 20.7 Å². The van der Waals surface area contributed by atoms with E-state index in [1.54, 1.807) is 54.9 Å². The van der Waals surface area contributed by atoms with E-state index >= 15 is 0 Å². The Kier molecular flexibility index (Phi) is 5.61.